The van der Waals surface area contributed by atoms with Gasteiger partial charge in [0.25, 0.3) is 6.08 Å². The van der Waals surface area contributed by atoms with Crippen LogP contribution in [-0.2, 0) is 0 Å². The molecule has 0 heterocycles. The molecule has 0 radical (unpaired) electrons. The Hall–Kier alpha value is -0.960. The highest BCUT2D eigenvalue weighted by atomic mass is 19.3. The summed E-state index contributed by atoms with van der Waals surface area (Å²) in [6, 6.07) is 0. The van der Waals surface area contributed by atoms with E-state index in [-0.39, 0.29) is 6.61 Å². The molecule has 1 N–H and O–H groups in total. The third kappa shape index (κ3) is 9.59. The van der Waals surface area contributed by atoms with Gasteiger partial charge < -0.3 is 5.11 Å². The second kappa shape index (κ2) is 9.28. The zero-order valence-corrected chi connectivity index (χ0v) is 9.97. The lowest BCUT2D eigenvalue weighted by Crippen LogP contribution is -1.82. The smallest absolute Gasteiger partial charge is 0.266 e. The summed E-state index contributed by atoms with van der Waals surface area (Å²) in [6.07, 6.45) is 6.09. The topological polar surface area (TPSA) is 20.2 Å². The molecule has 0 saturated heterocycles. The molecule has 1 nitrogen and oxygen atoms in total. The van der Waals surface area contributed by atoms with Crippen LogP contribution in [0.15, 0.2) is 35.5 Å². The molecular formula is C13H20F2O. The van der Waals surface area contributed by atoms with Gasteiger partial charge in [-0.1, -0.05) is 23.3 Å². The number of rotatable bonds is 7. The summed E-state index contributed by atoms with van der Waals surface area (Å²) in [5.41, 5.74) is 2.29. The van der Waals surface area contributed by atoms with Crippen LogP contribution >= 0.6 is 0 Å². The summed E-state index contributed by atoms with van der Waals surface area (Å²) in [4.78, 5) is 0. The van der Waals surface area contributed by atoms with Gasteiger partial charge in [0.1, 0.15) is 0 Å². The molecule has 0 aromatic carbocycles. The van der Waals surface area contributed by atoms with Gasteiger partial charge in [-0.25, -0.2) is 0 Å². The molecule has 0 aromatic heterocycles. The van der Waals surface area contributed by atoms with Gasteiger partial charge in [0.05, 0.1) is 6.61 Å². The van der Waals surface area contributed by atoms with Crippen LogP contribution < -0.4 is 0 Å². The quantitative estimate of drug-likeness (QED) is 0.649. The Balaban J connectivity index is 3.79. The Morgan fingerprint density at radius 3 is 1.94 bits per heavy atom. The Bertz CT molecular complexity index is 274. The van der Waals surface area contributed by atoms with Crippen molar-refractivity contribution in [1.29, 1.82) is 0 Å². The van der Waals surface area contributed by atoms with Gasteiger partial charge in [0, 0.05) is 0 Å². The Kier molecular flexibility index (Phi) is 8.72. The van der Waals surface area contributed by atoms with Crippen LogP contribution in [0, 0.1) is 0 Å². The number of allylic oxidation sites excluding steroid dienone is 4. The minimum Gasteiger partial charge on any atom is -0.392 e. The molecule has 0 unspecified atom stereocenters. The molecular weight excluding hydrogens is 210 g/mol. The van der Waals surface area contributed by atoms with Gasteiger partial charge in [0.2, 0.25) is 0 Å². The zero-order chi connectivity index (χ0) is 12.4. The van der Waals surface area contributed by atoms with Crippen molar-refractivity contribution in [3.63, 3.8) is 0 Å². The van der Waals surface area contributed by atoms with Gasteiger partial charge in [0.15, 0.2) is 0 Å². The van der Waals surface area contributed by atoms with E-state index in [0.717, 1.165) is 30.1 Å². The fraction of sp³-hybridized carbons (Fsp3) is 0.538. The molecule has 0 atom stereocenters. The third-order valence-corrected chi connectivity index (χ3v) is 2.31. The van der Waals surface area contributed by atoms with E-state index in [4.69, 9.17) is 5.11 Å². The van der Waals surface area contributed by atoms with Crippen LogP contribution in [-0.4, -0.2) is 11.7 Å². The van der Waals surface area contributed by atoms with Crippen LogP contribution in [0.5, 0.6) is 0 Å². The number of aliphatic hydroxyl groups excluding tert-OH is 1. The van der Waals surface area contributed by atoms with Crippen LogP contribution in [0.25, 0.3) is 0 Å². The summed E-state index contributed by atoms with van der Waals surface area (Å²) in [5.74, 6) is 0. The maximum absolute atomic E-state index is 11.7. The van der Waals surface area contributed by atoms with Gasteiger partial charge in [-0.15, -0.1) is 0 Å². The number of aliphatic hydroxyl groups is 1. The maximum atomic E-state index is 11.7. The summed E-state index contributed by atoms with van der Waals surface area (Å²) in [5, 5.41) is 8.64. The molecule has 0 aliphatic carbocycles. The van der Waals surface area contributed by atoms with Gasteiger partial charge >= 0.3 is 0 Å². The van der Waals surface area contributed by atoms with E-state index in [9.17, 15) is 8.78 Å². The molecule has 92 valence electrons. The molecule has 0 amide bonds. The third-order valence-electron chi connectivity index (χ3n) is 2.31. The fourth-order valence-corrected chi connectivity index (χ4v) is 1.32. The van der Waals surface area contributed by atoms with Crippen LogP contribution in [0.4, 0.5) is 8.78 Å². The monoisotopic (exact) mass is 230 g/mol. The van der Waals surface area contributed by atoms with Gasteiger partial charge in [-0.3, -0.25) is 0 Å². The van der Waals surface area contributed by atoms with Crippen molar-refractivity contribution >= 4 is 0 Å². The molecule has 16 heavy (non-hydrogen) atoms. The van der Waals surface area contributed by atoms with E-state index in [0.29, 0.717) is 12.8 Å². The van der Waals surface area contributed by atoms with Gasteiger partial charge in [-0.05, 0) is 45.6 Å². The lowest BCUT2D eigenvalue weighted by Gasteiger charge is -2.00. The Morgan fingerprint density at radius 2 is 1.44 bits per heavy atom. The van der Waals surface area contributed by atoms with Crippen LogP contribution in [0.2, 0.25) is 0 Å². The Labute approximate surface area is 96.2 Å². The van der Waals surface area contributed by atoms with E-state index in [1.807, 2.05) is 13.8 Å². The van der Waals surface area contributed by atoms with E-state index in [2.05, 4.69) is 6.08 Å². The molecule has 0 aliphatic rings. The maximum Gasteiger partial charge on any atom is 0.266 e. The SMILES string of the molecule is C/C(=C\CC/C(C)=C/CO)CCC=C(F)F. The van der Waals surface area contributed by atoms with Crippen molar-refractivity contribution in [2.24, 2.45) is 0 Å². The summed E-state index contributed by atoms with van der Waals surface area (Å²) in [6.45, 7) is 4.00. The lowest BCUT2D eigenvalue weighted by atomic mass is 10.1. The van der Waals surface area contributed by atoms with Gasteiger partial charge in [-0.2, -0.15) is 8.78 Å². The summed E-state index contributed by atoms with van der Waals surface area (Å²) >= 11 is 0. The largest absolute Gasteiger partial charge is 0.392 e. The number of hydrogen-bond acceptors (Lipinski definition) is 1. The highest BCUT2D eigenvalue weighted by Gasteiger charge is 1.92. The molecule has 0 aliphatic heterocycles. The zero-order valence-electron chi connectivity index (χ0n) is 9.97. The highest BCUT2D eigenvalue weighted by molar-refractivity contribution is 5.04. The second-order valence-electron chi connectivity index (χ2n) is 3.85. The number of hydrogen-bond donors (Lipinski definition) is 1. The van der Waals surface area contributed by atoms with Crippen molar-refractivity contribution < 1.29 is 13.9 Å². The van der Waals surface area contributed by atoms with E-state index in [1.165, 1.54) is 0 Å². The molecule has 0 bridgehead atoms. The molecule has 0 spiro atoms. The number of halogens is 2. The predicted octanol–water partition coefficient (Wildman–Crippen LogP) is 4.21. The average Bonchev–Trinajstić information content (AvgIpc) is 2.17. The normalized spacial score (nSPS) is 12.8. The first-order chi connectivity index (χ1) is 7.56. The minimum atomic E-state index is -1.60. The standard InChI is InChI=1S/C13H20F2O/c1-11(7-4-8-13(14)15)5-3-6-12(2)9-10-16/h5,8-9,16H,3-4,6-7,10H2,1-2H3/b11-5+,12-9+. The fourth-order valence-electron chi connectivity index (χ4n) is 1.32. The van der Waals surface area contributed by atoms with Crippen molar-refractivity contribution in [2.75, 3.05) is 6.61 Å². The molecule has 0 fully saturated rings. The second-order valence-corrected chi connectivity index (χ2v) is 3.85. The van der Waals surface area contributed by atoms with Crippen LogP contribution in [0.3, 0.4) is 0 Å². The highest BCUT2D eigenvalue weighted by Crippen LogP contribution is 2.11. The summed E-state index contributed by atoms with van der Waals surface area (Å²) < 4.78 is 23.5. The summed E-state index contributed by atoms with van der Waals surface area (Å²) in [7, 11) is 0. The lowest BCUT2D eigenvalue weighted by molar-refractivity contribution is 0.341. The van der Waals surface area contributed by atoms with E-state index < -0.39 is 6.08 Å². The average molecular weight is 230 g/mol. The van der Waals surface area contributed by atoms with Crippen molar-refractivity contribution in [2.45, 2.75) is 39.5 Å². The van der Waals surface area contributed by atoms with Crippen molar-refractivity contribution in [3.8, 4) is 0 Å². The van der Waals surface area contributed by atoms with E-state index in [1.54, 1.807) is 6.08 Å². The molecule has 0 aromatic rings. The Morgan fingerprint density at radius 1 is 0.938 bits per heavy atom. The molecule has 3 heteroatoms. The first-order valence-corrected chi connectivity index (χ1v) is 5.49. The van der Waals surface area contributed by atoms with Crippen LogP contribution in [0.1, 0.15) is 39.5 Å². The molecule has 0 saturated carbocycles. The molecule has 0 rings (SSSR count). The minimum absolute atomic E-state index is 0.0785. The van der Waals surface area contributed by atoms with Crippen molar-refractivity contribution in [1.82, 2.24) is 0 Å². The predicted molar refractivity (Wildman–Crippen MR) is 63.4 cm³/mol. The first kappa shape index (κ1) is 15.0. The van der Waals surface area contributed by atoms with E-state index >= 15 is 0 Å². The first-order valence-electron chi connectivity index (χ1n) is 5.49. The van der Waals surface area contributed by atoms with Crippen molar-refractivity contribution in [3.05, 3.63) is 35.5 Å².